The number of hydrogen-bond acceptors (Lipinski definition) is 1. The molecule has 1 heterocycles. The van der Waals surface area contributed by atoms with Crippen molar-refractivity contribution >= 4 is 10.2 Å². The van der Waals surface area contributed by atoms with Crippen LogP contribution in [0.1, 0.15) is 46.0 Å². The Kier molecular flexibility index (Phi) is 3.78. The Morgan fingerprint density at radius 3 is 2.67 bits per heavy atom. The highest BCUT2D eigenvalue weighted by molar-refractivity contribution is 6.14. The minimum atomic E-state index is 0.350. The first-order valence-corrected chi connectivity index (χ1v) is 6.26. The fraction of sp³-hybridized carbons (Fsp3) is 1.00. The number of rotatable bonds is 3. The molecule has 0 aromatic heterocycles. The highest BCUT2D eigenvalue weighted by atomic mass is 28.1. The molecule has 1 saturated heterocycles. The molecule has 2 heteroatoms. The first-order chi connectivity index (χ1) is 5.62. The average Bonchev–Trinajstić information content (AvgIpc) is 2.03. The molecule has 0 aromatic rings. The van der Waals surface area contributed by atoms with Gasteiger partial charge in [-0.3, -0.25) is 0 Å². The van der Waals surface area contributed by atoms with Gasteiger partial charge in [-0.25, -0.2) is 0 Å². The molecule has 0 amide bonds. The van der Waals surface area contributed by atoms with Crippen molar-refractivity contribution in [1.29, 1.82) is 0 Å². The third-order valence-corrected chi connectivity index (χ3v) is 4.09. The summed E-state index contributed by atoms with van der Waals surface area (Å²) in [7, 11) is 1.21. The molecule has 12 heavy (non-hydrogen) atoms. The van der Waals surface area contributed by atoms with Gasteiger partial charge in [0.25, 0.3) is 0 Å². The Morgan fingerprint density at radius 1 is 1.42 bits per heavy atom. The summed E-state index contributed by atoms with van der Waals surface area (Å²) < 4.78 is 5.88. The maximum absolute atomic E-state index is 5.88. The van der Waals surface area contributed by atoms with Crippen LogP contribution in [0.15, 0.2) is 0 Å². The molecule has 1 fully saturated rings. The van der Waals surface area contributed by atoms with Gasteiger partial charge in [0, 0.05) is 22.1 Å². The van der Waals surface area contributed by atoms with Crippen LogP contribution in [-0.2, 0) is 4.74 Å². The SMILES string of the molecule is CC(C)CCC1([SiH3])CCCCO1. The van der Waals surface area contributed by atoms with Crippen LogP contribution >= 0.6 is 0 Å². The zero-order valence-corrected chi connectivity index (χ0v) is 10.7. The molecular formula is C10H22OSi. The maximum Gasteiger partial charge on any atom is 0.0486 e. The summed E-state index contributed by atoms with van der Waals surface area (Å²) in [5, 5.41) is 0.350. The number of ether oxygens (including phenoxy) is 1. The van der Waals surface area contributed by atoms with E-state index in [9.17, 15) is 0 Å². The van der Waals surface area contributed by atoms with Crippen LogP contribution < -0.4 is 0 Å². The van der Waals surface area contributed by atoms with Crippen molar-refractivity contribution in [3.8, 4) is 0 Å². The lowest BCUT2D eigenvalue weighted by Gasteiger charge is -2.34. The first kappa shape index (κ1) is 10.3. The van der Waals surface area contributed by atoms with E-state index in [0.717, 1.165) is 12.5 Å². The van der Waals surface area contributed by atoms with E-state index in [1.165, 1.54) is 42.3 Å². The van der Waals surface area contributed by atoms with Gasteiger partial charge in [-0.15, -0.1) is 0 Å². The fourth-order valence-corrected chi connectivity index (χ4v) is 2.63. The van der Waals surface area contributed by atoms with Gasteiger partial charge in [-0.05, 0) is 38.0 Å². The Hall–Kier alpha value is 0.177. The van der Waals surface area contributed by atoms with E-state index in [2.05, 4.69) is 13.8 Å². The number of hydrogen-bond donors (Lipinski definition) is 0. The summed E-state index contributed by atoms with van der Waals surface area (Å²) in [5.41, 5.74) is 0. The van der Waals surface area contributed by atoms with Gasteiger partial charge in [0.1, 0.15) is 0 Å². The molecule has 1 nitrogen and oxygen atoms in total. The van der Waals surface area contributed by atoms with Crippen LogP contribution in [0.25, 0.3) is 0 Å². The monoisotopic (exact) mass is 186 g/mol. The Labute approximate surface area is 79.3 Å². The average molecular weight is 186 g/mol. The van der Waals surface area contributed by atoms with Crippen molar-refractivity contribution in [2.75, 3.05) is 6.61 Å². The van der Waals surface area contributed by atoms with Crippen molar-refractivity contribution < 1.29 is 4.74 Å². The fourth-order valence-electron chi connectivity index (χ4n) is 1.78. The van der Waals surface area contributed by atoms with Gasteiger partial charge < -0.3 is 4.74 Å². The van der Waals surface area contributed by atoms with E-state index in [-0.39, 0.29) is 0 Å². The third-order valence-electron chi connectivity index (χ3n) is 2.80. The zero-order valence-electron chi connectivity index (χ0n) is 8.73. The summed E-state index contributed by atoms with van der Waals surface area (Å²) in [6.45, 7) is 5.61. The molecular weight excluding hydrogens is 164 g/mol. The molecule has 0 N–H and O–H groups in total. The van der Waals surface area contributed by atoms with E-state index in [1.807, 2.05) is 0 Å². The second-order valence-corrected chi connectivity index (χ2v) is 6.51. The van der Waals surface area contributed by atoms with Gasteiger partial charge in [0.05, 0.1) is 0 Å². The summed E-state index contributed by atoms with van der Waals surface area (Å²) in [6, 6.07) is 0. The summed E-state index contributed by atoms with van der Waals surface area (Å²) in [6.07, 6.45) is 6.64. The van der Waals surface area contributed by atoms with E-state index >= 15 is 0 Å². The quantitative estimate of drug-likeness (QED) is 0.610. The molecule has 0 radical (unpaired) electrons. The van der Waals surface area contributed by atoms with Gasteiger partial charge in [0.15, 0.2) is 0 Å². The zero-order chi connectivity index (χ0) is 9.03. The first-order valence-electron chi connectivity index (χ1n) is 5.26. The molecule has 1 rings (SSSR count). The van der Waals surface area contributed by atoms with Crippen molar-refractivity contribution in [2.24, 2.45) is 5.92 Å². The van der Waals surface area contributed by atoms with E-state index in [4.69, 9.17) is 4.74 Å². The molecule has 72 valence electrons. The normalized spacial score (nSPS) is 31.2. The van der Waals surface area contributed by atoms with Crippen LogP contribution in [-0.4, -0.2) is 22.1 Å². The topological polar surface area (TPSA) is 9.23 Å². The van der Waals surface area contributed by atoms with Gasteiger partial charge >= 0.3 is 0 Å². The van der Waals surface area contributed by atoms with Crippen molar-refractivity contribution in [3.63, 3.8) is 0 Å². The smallest absolute Gasteiger partial charge is 0.0486 e. The second kappa shape index (κ2) is 4.42. The third kappa shape index (κ3) is 3.28. The lowest BCUT2D eigenvalue weighted by Crippen LogP contribution is -2.36. The Morgan fingerprint density at radius 2 is 2.17 bits per heavy atom. The largest absolute Gasteiger partial charge is 0.380 e. The molecule has 0 aromatic carbocycles. The molecule has 1 atom stereocenters. The van der Waals surface area contributed by atoms with Gasteiger partial charge in [0.2, 0.25) is 0 Å². The van der Waals surface area contributed by atoms with Crippen LogP contribution in [0, 0.1) is 5.92 Å². The van der Waals surface area contributed by atoms with Crippen LogP contribution in [0.2, 0.25) is 0 Å². The summed E-state index contributed by atoms with van der Waals surface area (Å²) >= 11 is 0. The predicted molar refractivity (Wildman–Crippen MR) is 56.5 cm³/mol. The van der Waals surface area contributed by atoms with E-state index < -0.39 is 0 Å². The van der Waals surface area contributed by atoms with E-state index in [0.29, 0.717) is 5.22 Å². The van der Waals surface area contributed by atoms with Crippen molar-refractivity contribution in [3.05, 3.63) is 0 Å². The van der Waals surface area contributed by atoms with Crippen LogP contribution in [0.4, 0.5) is 0 Å². The lowest BCUT2D eigenvalue weighted by atomic mass is 9.99. The maximum atomic E-state index is 5.88. The highest BCUT2D eigenvalue weighted by Gasteiger charge is 2.26. The van der Waals surface area contributed by atoms with Crippen molar-refractivity contribution in [1.82, 2.24) is 0 Å². The van der Waals surface area contributed by atoms with Crippen LogP contribution in [0.5, 0.6) is 0 Å². The molecule has 1 aliphatic heterocycles. The molecule has 1 unspecified atom stereocenters. The Bertz CT molecular complexity index is 128. The molecule has 0 aliphatic carbocycles. The van der Waals surface area contributed by atoms with Crippen molar-refractivity contribution in [2.45, 2.75) is 51.2 Å². The lowest BCUT2D eigenvalue weighted by molar-refractivity contribution is -0.0254. The summed E-state index contributed by atoms with van der Waals surface area (Å²) in [5.74, 6) is 0.835. The molecule has 1 aliphatic rings. The second-order valence-electron chi connectivity index (χ2n) is 4.69. The highest BCUT2D eigenvalue weighted by Crippen LogP contribution is 2.27. The summed E-state index contributed by atoms with van der Waals surface area (Å²) in [4.78, 5) is 0. The molecule has 0 bridgehead atoms. The van der Waals surface area contributed by atoms with E-state index in [1.54, 1.807) is 0 Å². The minimum absolute atomic E-state index is 0.350. The van der Waals surface area contributed by atoms with Crippen LogP contribution in [0.3, 0.4) is 0 Å². The Balaban J connectivity index is 2.26. The minimum Gasteiger partial charge on any atom is -0.380 e. The van der Waals surface area contributed by atoms with Gasteiger partial charge in [-0.2, -0.15) is 0 Å². The standard InChI is InChI=1S/C10H22OSi/c1-9(2)5-7-10(12)6-3-4-8-11-10/h9H,3-8H2,1-2,12H3. The molecule has 0 saturated carbocycles. The van der Waals surface area contributed by atoms with Gasteiger partial charge in [-0.1, -0.05) is 13.8 Å². The predicted octanol–water partition coefficient (Wildman–Crippen LogP) is 1.68. The molecule has 0 spiro atoms.